The van der Waals surface area contributed by atoms with Crippen molar-refractivity contribution in [1.82, 2.24) is 9.88 Å². The molecule has 2 aromatic rings. The molecule has 6 heteroatoms. The van der Waals surface area contributed by atoms with Gasteiger partial charge in [0.25, 0.3) is 0 Å². The van der Waals surface area contributed by atoms with Gasteiger partial charge in [0.15, 0.2) is 0 Å². The Kier molecular flexibility index (Phi) is 5.25. The Morgan fingerprint density at radius 2 is 2.10 bits per heavy atom. The summed E-state index contributed by atoms with van der Waals surface area (Å²) in [6, 6.07) is 9.78. The number of halogens is 2. The summed E-state index contributed by atoms with van der Waals surface area (Å²) in [5.74, 6) is -0.0588. The Balaban J connectivity index is 1.87. The molecule has 1 N–H and O–H groups in total. The third-order valence-corrected chi connectivity index (χ3v) is 3.03. The second-order valence-electron chi connectivity index (χ2n) is 4.67. The largest absolute Gasteiger partial charge is 0.310 e. The lowest BCUT2D eigenvalue weighted by Crippen LogP contribution is -2.30. The summed E-state index contributed by atoms with van der Waals surface area (Å²) in [6.45, 7) is 0.493. The van der Waals surface area contributed by atoms with Crippen LogP contribution < -0.4 is 5.32 Å². The van der Waals surface area contributed by atoms with E-state index >= 15 is 0 Å². The fraction of sp³-hybridized carbons (Fsp3) is 0.200. The van der Waals surface area contributed by atoms with Crippen LogP contribution in [0.3, 0.4) is 0 Å². The molecule has 4 nitrogen and oxygen atoms in total. The van der Waals surface area contributed by atoms with Crippen LogP contribution in [-0.2, 0) is 11.3 Å². The maximum atomic E-state index is 13.5. The predicted molar refractivity (Wildman–Crippen MR) is 80.6 cm³/mol. The highest BCUT2D eigenvalue weighted by Gasteiger charge is 2.10. The van der Waals surface area contributed by atoms with Crippen LogP contribution in [0.4, 0.5) is 10.2 Å². The molecule has 0 bridgehead atoms. The number of pyridine rings is 1. The summed E-state index contributed by atoms with van der Waals surface area (Å²) >= 11 is 5.72. The fourth-order valence-corrected chi connectivity index (χ4v) is 1.96. The van der Waals surface area contributed by atoms with Crippen molar-refractivity contribution in [3.05, 3.63) is 59.0 Å². The highest BCUT2D eigenvalue weighted by atomic mass is 35.5. The molecular formula is C15H15ClFN3O. The number of carbonyl (C=O) groups is 1. The van der Waals surface area contributed by atoms with E-state index in [1.807, 2.05) is 0 Å². The number of amides is 1. The van der Waals surface area contributed by atoms with E-state index in [2.05, 4.69) is 10.3 Å². The van der Waals surface area contributed by atoms with Crippen LogP contribution in [0.15, 0.2) is 42.6 Å². The first kappa shape index (κ1) is 15.4. The molecular weight excluding hydrogens is 293 g/mol. The van der Waals surface area contributed by atoms with Crippen LogP contribution >= 0.6 is 11.6 Å². The van der Waals surface area contributed by atoms with Crippen molar-refractivity contribution in [3.63, 3.8) is 0 Å². The molecule has 110 valence electrons. The minimum absolute atomic E-state index is 0.138. The fourth-order valence-electron chi connectivity index (χ4n) is 1.85. The third kappa shape index (κ3) is 4.81. The third-order valence-electron chi connectivity index (χ3n) is 2.81. The summed E-state index contributed by atoms with van der Waals surface area (Å²) < 4.78 is 13.5. The highest BCUT2D eigenvalue weighted by Crippen LogP contribution is 2.10. The number of hydrogen-bond acceptors (Lipinski definition) is 3. The zero-order chi connectivity index (χ0) is 15.2. The summed E-state index contributed by atoms with van der Waals surface area (Å²) in [5, 5.41) is 3.16. The van der Waals surface area contributed by atoms with Gasteiger partial charge in [-0.3, -0.25) is 9.69 Å². The first-order valence-corrected chi connectivity index (χ1v) is 6.76. The molecule has 0 fully saturated rings. The Bertz CT molecular complexity index is 619. The Hall–Kier alpha value is -1.98. The van der Waals surface area contributed by atoms with Gasteiger partial charge in [0.2, 0.25) is 5.91 Å². The summed E-state index contributed by atoms with van der Waals surface area (Å²) in [4.78, 5) is 17.6. The van der Waals surface area contributed by atoms with Crippen molar-refractivity contribution in [2.75, 3.05) is 18.9 Å². The Morgan fingerprint density at radius 1 is 1.33 bits per heavy atom. The van der Waals surface area contributed by atoms with E-state index in [1.54, 1.807) is 42.3 Å². The second kappa shape index (κ2) is 7.15. The van der Waals surface area contributed by atoms with Gasteiger partial charge in [-0.2, -0.15) is 0 Å². The average molecular weight is 308 g/mol. The van der Waals surface area contributed by atoms with Gasteiger partial charge in [-0.15, -0.1) is 0 Å². The SMILES string of the molecule is CN(CC(=O)Nc1ccc(Cl)cn1)Cc1ccccc1F. The molecule has 0 aliphatic rings. The maximum Gasteiger partial charge on any atom is 0.239 e. The number of rotatable bonds is 5. The quantitative estimate of drug-likeness (QED) is 0.924. The number of benzene rings is 1. The zero-order valence-electron chi connectivity index (χ0n) is 11.5. The van der Waals surface area contributed by atoms with Gasteiger partial charge >= 0.3 is 0 Å². The molecule has 0 radical (unpaired) electrons. The molecule has 0 saturated carbocycles. The normalized spacial score (nSPS) is 10.7. The summed E-state index contributed by atoms with van der Waals surface area (Å²) in [5.41, 5.74) is 0.553. The van der Waals surface area contributed by atoms with Crippen LogP contribution in [0, 0.1) is 5.82 Å². The molecule has 0 aliphatic heterocycles. The molecule has 0 aliphatic carbocycles. The molecule has 1 aromatic heterocycles. The topological polar surface area (TPSA) is 45.2 Å². The average Bonchev–Trinajstić information content (AvgIpc) is 2.44. The van der Waals surface area contributed by atoms with Crippen LogP contribution in [0.2, 0.25) is 5.02 Å². The molecule has 0 atom stereocenters. The van der Waals surface area contributed by atoms with Crippen LogP contribution in [0.1, 0.15) is 5.56 Å². The van der Waals surface area contributed by atoms with E-state index in [0.717, 1.165) is 0 Å². The predicted octanol–water partition coefficient (Wildman–Crippen LogP) is 2.94. The number of anilines is 1. The molecule has 1 heterocycles. The molecule has 0 unspecified atom stereocenters. The van der Waals surface area contributed by atoms with Crippen molar-refractivity contribution in [3.8, 4) is 0 Å². The monoisotopic (exact) mass is 307 g/mol. The van der Waals surface area contributed by atoms with Crippen molar-refractivity contribution in [2.24, 2.45) is 0 Å². The van der Waals surface area contributed by atoms with E-state index < -0.39 is 0 Å². The minimum atomic E-state index is -0.274. The number of carbonyl (C=O) groups excluding carboxylic acids is 1. The smallest absolute Gasteiger partial charge is 0.239 e. The summed E-state index contributed by atoms with van der Waals surface area (Å²) in [6.07, 6.45) is 1.46. The lowest BCUT2D eigenvalue weighted by Gasteiger charge is -2.16. The molecule has 1 amide bonds. The number of aromatic nitrogens is 1. The lowest BCUT2D eigenvalue weighted by molar-refractivity contribution is -0.117. The molecule has 21 heavy (non-hydrogen) atoms. The Morgan fingerprint density at radius 3 is 2.76 bits per heavy atom. The minimum Gasteiger partial charge on any atom is -0.310 e. The van der Waals surface area contributed by atoms with E-state index in [0.29, 0.717) is 22.9 Å². The van der Waals surface area contributed by atoms with Gasteiger partial charge in [-0.05, 0) is 25.2 Å². The van der Waals surface area contributed by atoms with Crippen molar-refractivity contribution in [1.29, 1.82) is 0 Å². The van der Waals surface area contributed by atoms with Gasteiger partial charge in [0.1, 0.15) is 11.6 Å². The van der Waals surface area contributed by atoms with E-state index in [1.165, 1.54) is 12.3 Å². The van der Waals surface area contributed by atoms with E-state index in [4.69, 9.17) is 11.6 Å². The maximum absolute atomic E-state index is 13.5. The first-order valence-electron chi connectivity index (χ1n) is 6.38. The Labute approximate surface area is 127 Å². The van der Waals surface area contributed by atoms with E-state index in [-0.39, 0.29) is 18.3 Å². The van der Waals surface area contributed by atoms with Gasteiger partial charge < -0.3 is 5.32 Å². The van der Waals surface area contributed by atoms with Crippen molar-refractivity contribution >= 4 is 23.3 Å². The number of hydrogen-bond donors (Lipinski definition) is 1. The van der Waals surface area contributed by atoms with Crippen LogP contribution in [0.25, 0.3) is 0 Å². The molecule has 0 spiro atoms. The van der Waals surface area contributed by atoms with Gasteiger partial charge in [-0.1, -0.05) is 29.8 Å². The molecule has 0 saturated heterocycles. The lowest BCUT2D eigenvalue weighted by atomic mass is 10.2. The zero-order valence-corrected chi connectivity index (χ0v) is 12.3. The highest BCUT2D eigenvalue weighted by molar-refractivity contribution is 6.30. The van der Waals surface area contributed by atoms with Crippen molar-refractivity contribution in [2.45, 2.75) is 6.54 Å². The van der Waals surface area contributed by atoms with Crippen LogP contribution in [0.5, 0.6) is 0 Å². The second-order valence-corrected chi connectivity index (χ2v) is 5.11. The summed E-state index contributed by atoms with van der Waals surface area (Å²) in [7, 11) is 1.75. The van der Waals surface area contributed by atoms with Gasteiger partial charge in [-0.25, -0.2) is 9.37 Å². The molecule has 2 rings (SSSR count). The number of likely N-dealkylation sites (N-methyl/N-ethyl adjacent to an activating group) is 1. The van der Waals surface area contributed by atoms with Gasteiger partial charge in [0.05, 0.1) is 11.6 Å². The van der Waals surface area contributed by atoms with Crippen LogP contribution in [-0.4, -0.2) is 29.4 Å². The van der Waals surface area contributed by atoms with Gasteiger partial charge in [0, 0.05) is 18.3 Å². The standard InChI is InChI=1S/C15H15ClFN3O/c1-20(9-11-4-2-3-5-13(11)17)10-15(21)19-14-7-6-12(16)8-18-14/h2-8H,9-10H2,1H3,(H,18,19,21). The first-order chi connectivity index (χ1) is 10.0. The number of nitrogens with one attached hydrogen (secondary N) is 1. The van der Waals surface area contributed by atoms with E-state index in [9.17, 15) is 9.18 Å². The number of nitrogens with zero attached hydrogens (tertiary/aromatic N) is 2. The molecule has 1 aromatic carbocycles. The van der Waals surface area contributed by atoms with Crippen molar-refractivity contribution < 1.29 is 9.18 Å².